The van der Waals surface area contributed by atoms with Crippen molar-refractivity contribution in [2.45, 2.75) is 25.4 Å². The number of nitrogens with zero attached hydrogens (tertiary/aromatic N) is 1. The number of hydrogen-bond donors (Lipinski definition) is 1. The number of carbonyl (C=O) groups is 1. The van der Waals surface area contributed by atoms with E-state index in [1.807, 2.05) is 0 Å². The lowest BCUT2D eigenvalue weighted by atomic mass is 10.1. The van der Waals surface area contributed by atoms with Crippen LogP contribution in [0.15, 0.2) is 0 Å². The summed E-state index contributed by atoms with van der Waals surface area (Å²) in [5.41, 5.74) is 0. The molecule has 0 aromatic heterocycles. The van der Waals surface area contributed by atoms with Gasteiger partial charge >= 0.3 is 6.43 Å². The number of amides is 1. The number of piperidine rings is 1. The normalized spacial score (nSPS) is 19.5. The third-order valence-electron chi connectivity index (χ3n) is 2.13. The van der Waals surface area contributed by atoms with E-state index in [1.54, 1.807) is 0 Å². The number of hydrogen-bond acceptors (Lipinski definition) is 3. The highest BCUT2D eigenvalue weighted by atomic mass is 19.3. The molecule has 2 N–H and O–H groups in total. The Hall–Kier alpha value is -0.750. The number of likely N-dealkylation sites (tertiary alicyclic amines) is 1. The van der Waals surface area contributed by atoms with E-state index in [0.29, 0.717) is 25.9 Å². The van der Waals surface area contributed by atoms with Crippen LogP contribution in [0.1, 0.15) is 12.8 Å². The van der Waals surface area contributed by atoms with E-state index in [2.05, 4.69) is 4.84 Å². The summed E-state index contributed by atoms with van der Waals surface area (Å²) in [5, 5.41) is 0. The number of alkyl halides is 2. The number of nitrogens with two attached hydrogens (primary N) is 1. The molecule has 1 saturated heterocycles. The quantitative estimate of drug-likeness (QED) is 0.636. The molecule has 0 atom stereocenters. The molecule has 0 aliphatic carbocycles. The van der Waals surface area contributed by atoms with Gasteiger partial charge in [-0.1, -0.05) is 0 Å². The molecule has 0 aromatic carbocycles. The van der Waals surface area contributed by atoms with Crippen molar-refractivity contribution < 1.29 is 18.4 Å². The summed E-state index contributed by atoms with van der Waals surface area (Å²) in [6, 6.07) is 0. The lowest BCUT2D eigenvalue weighted by Crippen LogP contribution is -2.43. The Morgan fingerprint density at radius 1 is 1.46 bits per heavy atom. The Kier molecular flexibility index (Phi) is 3.56. The molecule has 4 nitrogen and oxygen atoms in total. The second-order valence-corrected chi connectivity index (χ2v) is 2.96. The summed E-state index contributed by atoms with van der Waals surface area (Å²) in [7, 11) is 0. The Morgan fingerprint density at radius 2 is 2.00 bits per heavy atom. The molecule has 0 saturated carbocycles. The Balaban J connectivity index is 2.36. The van der Waals surface area contributed by atoms with E-state index in [-0.39, 0.29) is 6.10 Å². The molecule has 13 heavy (non-hydrogen) atoms. The predicted octanol–water partition coefficient (Wildman–Crippen LogP) is 0.133. The van der Waals surface area contributed by atoms with Gasteiger partial charge in [-0.2, -0.15) is 8.78 Å². The smallest absolute Gasteiger partial charge is 0.315 e. The summed E-state index contributed by atoms with van der Waals surface area (Å²) in [6.07, 6.45) is -1.97. The molecule has 1 aliphatic rings. The van der Waals surface area contributed by atoms with Crippen molar-refractivity contribution in [1.29, 1.82) is 0 Å². The second-order valence-electron chi connectivity index (χ2n) is 2.96. The highest BCUT2D eigenvalue weighted by molar-refractivity contribution is 5.79. The zero-order valence-corrected chi connectivity index (χ0v) is 7.08. The van der Waals surface area contributed by atoms with Crippen molar-refractivity contribution in [1.82, 2.24) is 4.90 Å². The third kappa shape index (κ3) is 2.60. The van der Waals surface area contributed by atoms with Crippen LogP contribution in [-0.2, 0) is 9.63 Å². The maximum Gasteiger partial charge on any atom is 0.315 e. The zero-order valence-electron chi connectivity index (χ0n) is 7.08. The van der Waals surface area contributed by atoms with Crippen molar-refractivity contribution in [2.24, 2.45) is 5.90 Å². The molecule has 1 rings (SSSR count). The molecule has 0 unspecified atom stereocenters. The fourth-order valence-corrected chi connectivity index (χ4v) is 1.35. The van der Waals surface area contributed by atoms with Gasteiger partial charge in [0.2, 0.25) is 0 Å². The maximum absolute atomic E-state index is 11.9. The molecule has 0 bridgehead atoms. The summed E-state index contributed by atoms with van der Waals surface area (Å²) in [4.78, 5) is 16.5. The average Bonchev–Trinajstić information content (AvgIpc) is 2.17. The Labute approximate surface area is 74.6 Å². The van der Waals surface area contributed by atoms with Crippen molar-refractivity contribution in [3.05, 3.63) is 0 Å². The first kappa shape index (κ1) is 10.3. The van der Waals surface area contributed by atoms with Crippen LogP contribution in [0.4, 0.5) is 8.78 Å². The van der Waals surface area contributed by atoms with Crippen LogP contribution < -0.4 is 5.90 Å². The molecule has 1 aliphatic heterocycles. The van der Waals surface area contributed by atoms with E-state index >= 15 is 0 Å². The van der Waals surface area contributed by atoms with E-state index < -0.39 is 12.3 Å². The first-order valence-electron chi connectivity index (χ1n) is 4.07. The topological polar surface area (TPSA) is 55.6 Å². The van der Waals surface area contributed by atoms with E-state index in [1.165, 1.54) is 0 Å². The summed E-state index contributed by atoms with van der Waals surface area (Å²) < 4.78 is 23.9. The number of rotatable bonds is 2. The van der Waals surface area contributed by atoms with Crippen LogP contribution in [0.5, 0.6) is 0 Å². The SMILES string of the molecule is NOC1CCN(C(=O)C(F)F)CC1. The van der Waals surface area contributed by atoms with Crippen LogP contribution in [0, 0.1) is 0 Å². The molecule has 76 valence electrons. The first-order valence-corrected chi connectivity index (χ1v) is 4.07. The number of carbonyl (C=O) groups excluding carboxylic acids is 1. The minimum Gasteiger partial charge on any atom is -0.338 e. The van der Waals surface area contributed by atoms with Gasteiger partial charge in [0.15, 0.2) is 0 Å². The highest BCUT2D eigenvalue weighted by Gasteiger charge is 2.27. The summed E-state index contributed by atoms with van der Waals surface area (Å²) in [6.45, 7) is 0.593. The van der Waals surface area contributed by atoms with Gasteiger partial charge < -0.3 is 9.74 Å². The second kappa shape index (κ2) is 4.48. The third-order valence-corrected chi connectivity index (χ3v) is 2.13. The molecule has 6 heteroatoms. The standard InChI is InChI=1S/C7H12F2N2O2/c8-6(9)7(12)11-3-1-5(13-10)2-4-11/h5-6H,1-4,10H2. The van der Waals surface area contributed by atoms with Gasteiger partial charge in [-0.25, -0.2) is 5.90 Å². The van der Waals surface area contributed by atoms with Gasteiger partial charge in [-0.15, -0.1) is 0 Å². The van der Waals surface area contributed by atoms with Gasteiger partial charge in [0.1, 0.15) is 0 Å². The molecule has 1 heterocycles. The largest absolute Gasteiger partial charge is 0.338 e. The van der Waals surface area contributed by atoms with E-state index in [0.717, 1.165) is 4.90 Å². The minimum atomic E-state index is -2.91. The van der Waals surface area contributed by atoms with Crippen molar-refractivity contribution in [3.63, 3.8) is 0 Å². The van der Waals surface area contributed by atoms with Gasteiger partial charge in [-0.3, -0.25) is 4.79 Å². The molecule has 1 amide bonds. The summed E-state index contributed by atoms with van der Waals surface area (Å²) in [5.74, 6) is 3.83. The summed E-state index contributed by atoms with van der Waals surface area (Å²) >= 11 is 0. The molecule has 1 fully saturated rings. The first-order chi connectivity index (χ1) is 6.15. The molecule has 0 radical (unpaired) electrons. The maximum atomic E-state index is 11.9. The van der Waals surface area contributed by atoms with Gasteiger partial charge in [0.25, 0.3) is 5.91 Å². The lowest BCUT2D eigenvalue weighted by molar-refractivity contribution is -0.145. The van der Waals surface area contributed by atoms with Crippen molar-refractivity contribution in [3.8, 4) is 0 Å². The predicted molar refractivity (Wildman–Crippen MR) is 40.9 cm³/mol. The lowest BCUT2D eigenvalue weighted by Gasteiger charge is -2.30. The van der Waals surface area contributed by atoms with E-state index in [9.17, 15) is 13.6 Å². The van der Waals surface area contributed by atoms with Crippen LogP contribution in [-0.4, -0.2) is 36.4 Å². The molecule has 0 aromatic rings. The zero-order chi connectivity index (χ0) is 9.84. The van der Waals surface area contributed by atoms with Crippen LogP contribution >= 0.6 is 0 Å². The van der Waals surface area contributed by atoms with Crippen LogP contribution in [0.25, 0.3) is 0 Å². The fourth-order valence-electron chi connectivity index (χ4n) is 1.35. The van der Waals surface area contributed by atoms with Gasteiger partial charge in [-0.05, 0) is 12.8 Å². The van der Waals surface area contributed by atoms with Crippen molar-refractivity contribution >= 4 is 5.91 Å². The van der Waals surface area contributed by atoms with E-state index in [4.69, 9.17) is 5.90 Å². The molecular formula is C7H12F2N2O2. The van der Waals surface area contributed by atoms with Gasteiger partial charge in [0.05, 0.1) is 6.10 Å². The van der Waals surface area contributed by atoms with Crippen LogP contribution in [0.2, 0.25) is 0 Å². The Morgan fingerprint density at radius 3 is 2.38 bits per heavy atom. The molecule has 0 spiro atoms. The highest BCUT2D eigenvalue weighted by Crippen LogP contribution is 2.13. The molecular weight excluding hydrogens is 182 g/mol. The average molecular weight is 194 g/mol. The Bertz CT molecular complexity index is 181. The van der Waals surface area contributed by atoms with Gasteiger partial charge in [0, 0.05) is 13.1 Å². The minimum absolute atomic E-state index is 0.110. The number of halogens is 2. The van der Waals surface area contributed by atoms with Crippen molar-refractivity contribution in [2.75, 3.05) is 13.1 Å². The van der Waals surface area contributed by atoms with Crippen LogP contribution in [0.3, 0.4) is 0 Å². The monoisotopic (exact) mass is 194 g/mol. The fraction of sp³-hybridized carbons (Fsp3) is 0.857.